The molecule has 1 fully saturated rings. The number of Topliss-reactive ketones (excluding diaryl/α,β-unsaturated/α-hetero) is 1. The fourth-order valence-corrected chi connectivity index (χ4v) is 3.02. The van der Waals surface area contributed by atoms with E-state index in [9.17, 15) is 4.79 Å². The average molecular weight is 236 g/mol. The molecule has 1 aromatic carbocycles. The second kappa shape index (κ2) is 4.41. The maximum atomic E-state index is 12.2. The van der Waals surface area contributed by atoms with Crippen LogP contribution in [0.25, 0.3) is 0 Å². The van der Waals surface area contributed by atoms with Gasteiger partial charge in [-0.05, 0) is 18.1 Å². The molecule has 1 unspecified atom stereocenters. The summed E-state index contributed by atoms with van der Waals surface area (Å²) in [4.78, 5) is 12.2. The van der Waals surface area contributed by atoms with Crippen LogP contribution in [0.1, 0.15) is 24.8 Å². The third-order valence-electron chi connectivity index (χ3n) is 3.88. The van der Waals surface area contributed by atoms with Crippen molar-refractivity contribution < 1.29 is 4.79 Å². The first-order valence-corrected chi connectivity index (χ1v) is 6.40. The van der Waals surface area contributed by atoms with E-state index in [0.29, 0.717) is 12.2 Å². The summed E-state index contributed by atoms with van der Waals surface area (Å²) in [6, 6.07) is 10.3. The van der Waals surface area contributed by atoms with Gasteiger partial charge in [-0.25, -0.2) is 0 Å². The summed E-state index contributed by atoms with van der Waals surface area (Å²) < 4.78 is 0. The summed E-state index contributed by atoms with van der Waals surface area (Å²) in [5, 5.41) is 0. The van der Waals surface area contributed by atoms with Crippen molar-refractivity contribution in [3.8, 4) is 0 Å². The number of benzene rings is 1. The van der Waals surface area contributed by atoms with Crippen molar-refractivity contribution in [1.82, 2.24) is 0 Å². The second-order valence-electron chi connectivity index (χ2n) is 5.03. The molecule has 0 aromatic heterocycles. The van der Waals surface area contributed by atoms with Crippen LogP contribution in [0.3, 0.4) is 0 Å². The minimum Gasteiger partial charge on any atom is -0.299 e. The number of rotatable bonds is 1. The van der Waals surface area contributed by atoms with Crippen LogP contribution in [0.5, 0.6) is 0 Å². The largest absolute Gasteiger partial charge is 0.299 e. The number of allylic oxidation sites excluding steroid dienone is 6. The van der Waals surface area contributed by atoms with Gasteiger partial charge < -0.3 is 0 Å². The molecule has 1 heteroatoms. The van der Waals surface area contributed by atoms with Gasteiger partial charge in [-0.2, -0.15) is 0 Å². The predicted molar refractivity (Wildman–Crippen MR) is 73.3 cm³/mol. The molecule has 0 radical (unpaired) electrons. The van der Waals surface area contributed by atoms with Crippen LogP contribution in [0, 0.1) is 5.92 Å². The van der Waals surface area contributed by atoms with Gasteiger partial charge in [0, 0.05) is 12.3 Å². The van der Waals surface area contributed by atoms with Crippen molar-refractivity contribution in [3.63, 3.8) is 0 Å². The molecule has 2 atom stereocenters. The first-order chi connectivity index (χ1) is 8.77. The van der Waals surface area contributed by atoms with Gasteiger partial charge in [-0.15, -0.1) is 0 Å². The van der Waals surface area contributed by atoms with Gasteiger partial charge in [0.2, 0.25) is 0 Å². The third kappa shape index (κ3) is 1.76. The van der Waals surface area contributed by atoms with Crippen LogP contribution in [-0.4, -0.2) is 5.78 Å². The minimum absolute atomic E-state index is 0.00482. The number of hydrogen-bond donors (Lipinski definition) is 0. The highest BCUT2D eigenvalue weighted by Crippen LogP contribution is 2.44. The molecule has 0 heterocycles. The number of ketones is 1. The molecule has 1 nitrogen and oxygen atoms in total. The van der Waals surface area contributed by atoms with Crippen LogP contribution >= 0.6 is 0 Å². The van der Waals surface area contributed by atoms with Gasteiger partial charge in [0.1, 0.15) is 5.78 Å². The summed E-state index contributed by atoms with van der Waals surface area (Å²) in [5.41, 5.74) is 3.68. The summed E-state index contributed by atoms with van der Waals surface area (Å²) in [6.07, 6.45) is 8.89. The zero-order valence-electron chi connectivity index (χ0n) is 10.5. The first kappa shape index (κ1) is 11.2. The van der Waals surface area contributed by atoms with Gasteiger partial charge in [0.25, 0.3) is 0 Å². The number of fused-ring (bicyclic) bond motifs is 1. The lowest BCUT2D eigenvalue weighted by Crippen LogP contribution is -2.09. The Balaban J connectivity index is 2.05. The highest BCUT2D eigenvalue weighted by atomic mass is 16.1. The Morgan fingerprint density at radius 1 is 1.06 bits per heavy atom. The lowest BCUT2D eigenvalue weighted by atomic mass is 9.88. The van der Waals surface area contributed by atoms with Crippen LogP contribution in [0.2, 0.25) is 0 Å². The van der Waals surface area contributed by atoms with E-state index in [1.165, 1.54) is 16.7 Å². The molecule has 90 valence electrons. The maximum absolute atomic E-state index is 12.2. The smallest absolute Gasteiger partial charge is 0.145 e. The minimum atomic E-state index is 0.00482. The van der Waals surface area contributed by atoms with Crippen LogP contribution in [-0.2, 0) is 4.79 Å². The molecule has 0 spiro atoms. The summed E-state index contributed by atoms with van der Waals surface area (Å²) in [6.45, 7) is 2.06. The van der Waals surface area contributed by atoms with Crippen LogP contribution in [0.4, 0.5) is 0 Å². The topological polar surface area (TPSA) is 17.1 Å². The summed E-state index contributed by atoms with van der Waals surface area (Å²) >= 11 is 0. The molecule has 1 saturated carbocycles. The van der Waals surface area contributed by atoms with E-state index in [4.69, 9.17) is 0 Å². The zero-order valence-corrected chi connectivity index (χ0v) is 10.5. The Bertz CT molecular complexity index is 561. The standard InChI is InChI=1S/C17H16O/c1-12-7-5-6-10-14-15(11-16(18)17(12)14)13-8-3-2-4-9-13/h2-10,15,17H,11H2,1H3/t15-,17?/m0/s1. The summed E-state index contributed by atoms with van der Waals surface area (Å²) in [5.74, 6) is 0.618. The third-order valence-corrected chi connectivity index (χ3v) is 3.88. The first-order valence-electron chi connectivity index (χ1n) is 6.40. The fourth-order valence-electron chi connectivity index (χ4n) is 3.02. The molecule has 2 aliphatic rings. The van der Waals surface area contributed by atoms with Crippen LogP contribution in [0.15, 0.2) is 65.8 Å². The molecular weight excluding hydrogens is 220 g/mol. The van der Waals surface area contributed by atoms with E-state index in [0.717, 1.165) is 0 Å². The van der Waals surface area contributed by atoms with Crippen molar-refractivity contribution in [1.29, 1.82) is 0 Å². The van der Waals surface area contributed by atoms with E-state index in [2.05, 4.69) is 31.2 Å². The lowest BCUT2D eigenvalue weighted by Gasteiger charge is -2.15. The van der Waals surface area contributed by atoms with Gasteiger partial charge in [-0.3, -0.25) is 4.79 Å². The van der Waals surface area contributed by atoms with Gasteiger partial charge in [0.05, 0.1) is 5.92 Å². The van der Waals surface area contributed by atoms with Gasteiger partial charge >= 0.3 is 0 Å². The zero-order chi connectivity index (χ0) is 12.5. The van der Waals surface area contributed by atoms with Gasteiger partial charge in [-0.1, -0.05) is 60.2 Å². The Labute approximate surface area is 108 Å². The predicted octanol–water partition coefficient (Wildman–Crippen LogP) is 3.80. The normalized spacial score (nSPS) is 26.4. The molecule has 2 aliphatic carbocycles. The SMILES string of the molecule is CC1=CC=CC=C2C1C(=O)C[C@H]2c1ccccc1. The monoisotopic (exact) mass is 236 g/mol. The lowest BCUT2D eigenvalue weighted by molar-refractivity contribution is -0.119. The molecule has 0 N–H and O–H groups in total. The molecule has 0 aliphatic heterocycles. The van der Waals surface area contributed by atoms with Crippen molar-refractivity contribution in [2.45, 2.75) is 19.3 Å². The Morgan fingerprint density at radius 2 is 1.78 bits per heavy atom. The highest BCUT2D eigenvalue weighted by molar-refractivity contribution is 5.92. The van der Waals surface area contributed by atoms with Crippen molar-refractivity contribution >= 4 is 5.78 Å². The quantitative estimate of drug-likeness (QED) is 0.724. The molecule has 0 saturated heterocycles. The van der Waals surface area contributed by atoms with Crippen molar-refractivity contribution in [2.75, 3.05) is 0 Å². The molecule has 1 aromatic rings. The van der Waals surface area contributed by atoms with Crippen molar-refractivity contribution in [2.24, 2.45) is 5.92 Å². The van der Waals surface area contributed by atoms with E-state index in [-0.39, 0.29) is 11.8 Å². The Kier molecular flexibility index (Phi) is 2.75. The summed E-state index contributed by atoms with van der Waals surface area (Å²) in [7, 11) is 0. The molecule has 3 rings (SSSR count). The number of hydrogen-bond acceptors (Lipinski definition) is 1. The molecule has 18 heavy (non-hydrogen) atoms. The molecular formula is C17H16O. The fraction of sp³-hybridized carbons (Fsp3) is 0.235. The van der Waals surface area contributed by atoms with E-state index < -0.39 is 0 Å². The van der Waals surface area contributed by atoms with E-state index in [1.807, 2.05) is 30.4 Å². The van der Waals surface area contributed by atoms with E-state index >= 15 is 0 Å². The molecule has 0 bridgehead atoms. The van der Waals surface area contributed by atoms with Crippen molar-refractivity contribution in [3.05, 3.63) is 71.3 Å². The highest BCUT2D eigenvalue weighted by Gasteiger charge is 2.38. The number of carbonyl (C=O) groups excluding carboxylic acids is 1. The Hall–Kier alpha value is -1.89. The van der Waals surface area contributed by atoms with Crippen LogP contribution < -0.4 is 0 Å². The molecule has 0 amide bonds. The van der Waals surface area contributed by atoms with Gasteiger partial charge in [0.15, 0.2) is 0 Å². The second-order valence-corrected chi connectivity index (χ2v) is 5.03. The number of carbonyl (C=O) groups is 1. The van der Waals surface area contributed by atoms with E-state index in [1.54, 1.807) is 0 Å². The maximum Gasteiger partial charge on any atom is 0.145 e. The average Bonchev–Trinajstić information content (AvgIpc) is 2.59. The Morgan fingerprint density at radius 3 is 2.56 bits per heavy atom.